The second-order valence-corrected chi connectivity index (χ2v) is 9.18. The summed E-state index contributed by atoms with van der Waals surface area (Å²) in [5.41, 5.74) is 4.55. The number of hydrogen-bond acceptors (Lipinski definition) is 4. The molecule has 1 aliphatic carbocycles. The van der Waals surface area contributed by atoms with E-state index in [1.165, 1.54) is 11.1 Å². The predicted molar refractivity (Wildman–Crippen MR) is 121 cm³/mol. The topological polar surface area (TPSA) is 61.7 Å². The van der Waals surface area contributed by atoms with E-state index in [2.05, 4.69) is 55.6 Å². The lowest BCUT2D eigenvalue weighted by Crippen LogP contribution is -2.41. The fourth-order valence-corrected chi connectivity index (χ4v) is 5.42. The van der Waals surface area contributed by atoms with Gasteiger partial charge in [-0.3, -0.25) is 0 Å². The summed E-state index contributed by atoms with van der Waals surface area (Å²) in [6, 6.07) is 15.0. The average Bonchev–Trinajstić information content (AvgIpc) is 2.73. The molecule has 2 aromatic carbocycles. The van der Waals surface area contributed by atoms with Gasteiger partial charge in [-0.15, -0.1) is 0 Å². The van der Waals surface area contributed by atoms with Crippen molar-refractivity contribution in [2.45, 2.75) is 83.1 Å². The van der Waals surface area contributed by atoms with E-state index in [0.29, 0.717) is 17.9 Å². The van der Waals surface area contributed by atoms with Crippen LogP contribution in [0, 0.1) is 5.92 Å². The Morgan fingerprint density at radius 2 is 1.97 bits per heavy atom. The molecular formula is C26H35NO3. The molecule has 4 heteroatoms. The zero-order valence-corrected chi connectivity index (χ0v) is 18.2. The van der Waals surface area contributed by atoms with Gasteiger partial charge in [-0.2, -0.15) is 0 Å². The molecule has 4 nitrogen and oxygen atoms in total. The van der Waals surface area contributed by atoms with Crippen LogP contribution in [0.3, 0.4) is 0 Å². The van der Waals surface area contributed by atoms with E-state index in [1.54, 1.807) is 0 Å². The van der Waals surface area contributed by atoms with Crippen LogP contribution in [0.5, 0.6) is 5.75 Å². The summed E-state index contributed by atoms with van der Waals surface area (Å²) in [6.45, 7) is 4.35. The van der Waals surface area contributed by atoms with Crippen LogP contribution >= 0.6 is 0 Å². The predicted octanol–water partition coefficient (Wildman–Crippen LogP) is 5.03. The molecule has 2 aromatic rings. The highest BCUT2D eigenvalue weighted by atomic mass is 16.5. The highest BCUT2D eigenvalue weighted by molar-refractivity contribution is 5.63. The number of benzene rings is 2. The Morgan fingerprint density at radius 1 is 1.17 bits per heavy atom. The van der Waals surface area contributed by atoms with Crippen LogP contribution in [0.4, 0.5) is 5.69 Å². The molecule has 4 rings (SSSR count). The van der Waals surface area contributed by atoms with Crippen molar-refractivity contribution in [3.05, 3.63) is 59.2 Å². The Hall–Kier alpha value is -2.04. The molecule has 0 saturated heterocycles. The minimum absolute atomic E-state index is 0.00268. The van der Waals surface area contributed by atoms with Gasteiger partial charge in [0.15, 0.2) is 0 Å². The number of aliphatic hydroxyl groups is 2. The van der Waals surface area contributed by atoms with Gasteiger partial charge in [0.05, 0.1) is 18.8 Å². The molecule has 1 aliphatic heterocycles. The molecule has 162 valence electrons. The van der Waals surface area contributed by atoms with Crippen LogP contribution in [-0.2, 0) is 13.0 Å². The number of rotatable bonds is 7. The summed E-state index contributed by atoms with van der Waals surface area (Å²) in [4.78, 5) is 0. The average molecular weight is 410 g/mol. The van der Waals surface area contributed by atoms with Crippen molar-refractivity contribution in [3.8, 4) is 5.75 Å². The highest BCUT2D eigenvalue weighted by Gasteiger charge is 2.40. The first-order valence-electron chi connectivity index (χ1n) is 11.5. The van der Waals surface area contributed by atoms with Crippen LogP contribution in [0.25, 0.3) is 0 Å². The maximum Gasteiger partial charge on any atom is 0.122 e. The third-order valence-corrected chi connectivity index (χ3v) is 6.94. The van der Waals surface area contributed by atoms with E-state index >= 15 is 0 Å². The van der Waals surface area contributed by atoms with Gasteiger partial charge in [0.25, 0.3) is 0 Å². The fourth-order valence-electron chi connectivity index (χ4n) is 5.42. The molecule has 0 unspecified atom stereocenters. The molecule has 1 saturated carbocycles. The summed E-state index contributed by atoms with van der Waals surface area (Å²) < 4.78 is 6.25. The molecule has 5 atom stereocenters. The van der Waals surface area contributed by atoms with Crippen LogP contribution in [0.2, 0.25) is 0 Å². The molecular weight excluding hydrogens is 374 g/mol. The van der Waals surface area contributed by atoms with E-state index in [1.807, 2.05) is 6.07 Å². The van der Waals surface area contributed by atoms with Gasteiger partial charge >= 0.3 is 0 Å². The van der Waals surface area contributed by atoms with Crippen LogP contribution in [0.15, 0.2) is 42.5 Å². The second kappa shape index (κ2) is 9.40. The minimum atomic E-state index is -0.239. The molecule has 0 amide bonds. The van der Waals surface area contributed by atoms with E-state index in [4.69, 9.17) is 4.74 Å². The first-order valence-corrected chi connectivity index (χ1v) is 11.5. The van der Waals surface area contributed by atoms with Gasteiger partial charge in [-0.25, -0.2) is 0 Å². The normalized spacial score (nSPS) is 26.3. The Bertz CT molecular complexity index is 838. The van der Waals surface area contributed by atoms with Crippen molar-refractivity contribution in [1.29, 1.82) is 0 Å². The molecule has 1 fully saturated rings. The van der Waals surface area contributed by atoms with Crippen LogP contribution in [-0.4, -0.2) is 28.5 Å². The summed E-state index contributed by atoms with van der Waals surface area (Å²) in [6.07, 6.45) is 5.69. The zero-order chi connectivity index (χ0) is 21.1. The lowest BCUT2D eigenvalue weighted by atomic mass is 9.68. The Labute approximate surface area is 180 Å². The van der Waals surface area contributed by atoms with Gasteiger partial charge < -0.3 is 20.3 Å². The van der Waals surface area contributed by atoms with E-state index in [0.717, 1.165) is 55.5 Å². The van der Waals surface area contributed by atoms with Crippen LogP contribution < -0.4 is 10.1 Å². The standard InChI is InChI=1S/C26H35NO3/c1-17(7-6-10-19-8-4-3-5-9-19)30-22-13-20(16-28)26-24-14-21(29)11-12-23(24)18(2)27-25(26)15-22/h3-5,8-9,13,15,17-18,21,23-24,27-29H,6-7,10-12,14,16H2,1-2H3/t17-,18+,21-,23+,24-/m1/s1. The van der Waals surface area contributed by atoms with Crippen molar-refractivity contribution in [2.75, 3.05) is 5.32 Å². The second-order valence-electron chi connectivity index (χ2n) is 9.18. The highest BCUT2D eigenvalue weighted by Crippen LogP contribution is 2.49. The third-order valence-electron chi connectivity index (χ3n) is 6.94. The third kappa shape index (κ3) is 4.65. The first kappa shape index (κ1) is 21.2. The molecule has 3 N–H and O–H groups in total. The number of aliphatic hydroxyl groups excluding tert-OH is 2. The summed E-state index contributed by atoms with van der Waals surface area (Å²) in [7, 11) is 0. The fraction of sp³-hybridized carbons (Fsp3) is 0.538. The summed E-state index contributed by atoms with van der Waals surface area (Å²) in [5, 5.41) is 24.0. The van der Waals surface area contributed by atoms with E-state index in [-0.39, 0.29) is 18.8 Å². The molecule has 0 spiro atoms. The van der Waals surface area contributed by atoms with Gasteiger partial charge in [0.2, 0.25) is 0 Å². The summed E-state index contributed by atoms with van der Waals surface area (Å²) >= 11 is 0. The van der Waals surface area contributed by atoms with Crippen molar-refractivity contribution in [2.24, 2.45) is 5.92 Å². The number of ether oxygens (including phenoxy) is 1. The number of hydrogen-bond donors (Lipinski definition) is 3. The Morgan fingerprint density at radius 3 is 2.73 bits per heavy atom. The lowest BCUT2D eigenvalue weighted by Gasteiger charge is -2.44. The molecule has 0 bridgehead atoms. The number of anilines is 1. The monoisotopic (exact) mass is 409 g/mol. The van der Waals surface area contributed by atoms with Gasteiger partial charge in [-0.05, 0) is 87.0 Å². The maximum atomic E-state index is 10.3. The summed E-state index contributed by atoms with van der Waals surface area (Å²) in [5.74, 6) is 1.63. The van der Waals surface area contributed by atoms with Crippen molar-refractivity contribution in [3.63, 3.8) is 0 Å². The maximum absolute atomic E-state index is 10.3. The Kier molecular flexibility index (Phi) is 6.64. The molecule has 0 aromatic heterocycles. The largest absolute Gasteiger partial charge is 0.491 e. The molecule has 2 aliphatic rings. The van der Waals surface area contributed by atoms with Crippen molar-refractivity contribution < 1.29 is 14.9 Å². The minimum Gasteiger partial charge on any atom is -0.491 e. The van der Waals surface area contributed by atoms with Crippen molar-refractivity contribution >= 4 is 5.69 Å². The zero-order valence-electron chi connectivity index (χ0n) is 18.2. The SMILES string of the molecule is C[C@H](CCCc1ccccc1)Oc1cc(CO)c2c(c1)N[C@@H](C)[C@@H]1CC[C@@H](O)C[C@@H]21. The van der Waals surface area contributed by atoms with E-state index in [9.17, 15) is 10.2 Å². The first-order chi connectivity index (χ1) is 14.5. The van der Waals surface area contributed by atoms with Crippen LogP contribution in [0.1, 0.15) is 68.6 Å². The number of fused-ring (bicyclic) bond motifs is 3. The smallest absolute Gasteiger partial charge is 0.122 e. The molecule has 0 radical (unpaired) electrons. The number of aryl methyl sites for hydroxylation is 1. The quantitative estimate of drug-likeness (QED) is 0.600. The van der Waals surface area contributed by atoms with E-state index < -0.39 is 0 Å². The number of nitrogens with one attached hydrogen (secondary N) is 1. The Balaban J connectivity index is 1.45. The van der Waals surface area contributed by atoms with Gasteiger partial charge in [0, 0.05) is 17.8 Å². The molecule has 30 heavy (non-hydrogen) atoms. The molecule has 1 heterocycles. The van der Waals surface area contributed by atoms with Crippen molar-refractivity contribution in [1.82, 2.24) is 0 Å². The van der Waals surface area contributed by atoms with Gasteiger partial charge in [0.1, 0.15) is 5.75 Å². The van der Waals surface area contributed by atoms with Gasteiger partial charge in [-0.1, -0.05) is 30.3 Å². The lowest BCUT2D eigenvalue weighted by molar-refractivity contribution is 0.0866.